The Balaban J connectivity index is 1.98. The number of halogens is 2. The topological polar surface area (TPSA) is 90.1 Å². The fourth-order valence-electron chi connectivity index (χ4n) is 3.11. The summed E-state index contributed by atoms with van der Waals surface area (Å²) in [6.45, 7) is 0.206. The van der Waals surface area contributed by atoms with Gasteiger partial charge in [-0.1, -0.05) is 43.6 Å². The molecule has 0 amide bonds. The maximum atomic E-state index is 12.4. The Morgan fingerprint density at radius 1 is 1.28 bits per heavy atom. The van der Waals surface area contributed by atoms with E-state index in [0.29, 0.717) is 27.9 Å². The van der Waals surface area contributed by atoms with Crippen LogP contribution in [-0.2, 0) is 9.53 Å². The first-order valence-electron chi connectivity index (χ1n) is 7.32. The number of nitrogens with zero attached hydrogens (tertiary/aromatic N) is 2. The minimum absolute atomic E-state index is 0.206. The number of hydrogen-bond donors (Lipinski definition) is 2. The number of aromatic nitrogens is 2. The second-order valence-electron chi connectivity index (χ2n) is 5.59. The van der Waals surface area contributed by atoms with Crippen LogP contribution in [0.15, 0.2) is 43.6 Å². The molecule has 4 rings (SSSR count). The fourth-order valence-corrected chi connectivity index (χ4v) is 4.81. The predicted octanol–water partition coefficient (Wildman–Crippen LogP) is 3.67. The molecule has 25 heavy (non-hydrogen) atoms. The summed E-state index contributed by atoms with van der Waals surface area (Å²) in [5.41, 5.74) is 9.13. The number of carbonyl (C=O) groups excluding carboxylic acids is 1. The standard InChI is InChI=1S/C16H12Br2N4O2S/c1-25-16-21-13(19)12-10(6-2-7(17)4-8(18)3-6)11-9(5-24-15(11)23)20-14(12)22-16/h2-4,10H,5H2,1H3,(H3,19,20,21,22). The number of cyclic esters (lactones) is 1. The lowest BCUT2D eigenvalue weighted by molar-refractivity contribution is -0.136. The number of anilines is 2. The molecule has 1 atom stereocenters. The molecule has 0 saturated heterocycles. The lowest BCUT2D eigenvalue weighted by Gasteiger charge is -2.27. The Kier molecular flexibility index (Phi) is 4.25. The number of esters is 1. The van der Waals surface area contributed by atoms with Gasteiger partial charge >= 0.3 is 5.97 Å². The predicted molar refractivity (Wildman–Crippen MR) is 104 cm³/mol. The van der Waals surface area contributed by atoms with Crippen molar-refractivity contribution in [2.45, 2.75) is 11.1 Å². The summed E-state index contributed by atoms with van der Waals surface area (Å²) >= 11 is 8.42. The van der Waals surface area contributed by atoms with Gasteiger partial charge in [0.1, 0.15) is 18.2 Å². The van der Waals surface area contributed by atoms with Crippen LogP contribution < -0.4 is 11.1 Å². The number of thioether (sulfide) groups is 1. The second-order valence-corrected chi connectivity index (χ2v) is 8.19. The average molecular weight is 484 g/mol. The van der Waals surface area contributed by atoms with Gasteiger partial charge in [0, 0.05) is 14.5 Å². The zero-order valence-electron chi connectivity index (χ0n) is 13.0. The van der Waals surface area contributed by atoms with Gasteiger partial charge in [-0.3, -0.25) is 0 Å². The van der Waals surface area contributed by atoms with Crippen molar-refractivity contribution in [1.82, 2.24) is 9.97 Å². The molecule has 0 bridgehead atoms. The number of nitrogen functional groups attached to an aromatic ring is 1. The molecule has 1 aromatic heterocycles. The average Bonchev–Trinajstić information content (AvgIpc) is 2.92. The number of rotatable bonds is 2. The Morgan fingerprint density at radius 2 is 2.00 bits per heavy atom. The van der Waals surface area contributed by atoms with Crippen LogP contribution in [0.3, 0.4) is 0 Å². The van der Waals surface area contributed by atoms with Crippen molar-refractivity contribution < 1.29 is 9.53 Å². The number of carbonyl (C=O) groups is 1. The Hall–Kier alpha value is -1.58. The fraction of sp³-hybridized carbons (Fsp3) is 0.188. The third-order valence-corrected chi connectivity index (χ3v) is 5.56. The van der Waals surface area contributed by atoms with E-state index in [4.69, 9.17) is 10.5 Å². The summed E-state index contributed by atoms with van der Waals surface area (Å²) in [5.74, 6) is 0.248. The lowest BCUT2D eigenvalue weighted by atomic mass is 9.82. The minimum Gasteiger partial charge on any atom is -0.456 e. The number of ether oxygens (including phenoxy) is 1. The van der Waals surface area contributed by atoms with Crippen LogP contribution in [0.2, 0.25) is 0 Å². The molecule has 3 heterocycles. The quantitative estimate of drug-likeness (QED) is 0.382. The number of hydrogen-bond acceptors (Lipinski definition) is 7. The molecule has 0 fully saturated rings. The Labute approximate surface area is 164 Å². The number of benzene rings is 1. The van der Waals surface area contributed by atoms with Gasteiger partial charge in [0.2, 0.25) is 0 Å². The van der Waals surface area contributed by atoms with Gasteiger partial charge in [-0.05, 0) is 30.0 Å². The van der Waals surface area contributed by atoms with E-state index in [0.717, 1.165) is 20.2 Å². The highest BCUT2D eigenvalue weighted by molar-refractivity contribution is 9.11. The van der Waals surface area contributed by atoms with Gasteiger partial charge in [0.25, 0.3) is 0 Å². The molecule has 2 aliphatic heterocycles. The first kappa shape index (κ1) is 16.9. The van der Waals surface area contributed by atoms with E-state index in [1.54, 1.807) is 0 Å². The molecule has 9 heteroatoms. The van der Waals surface area contributed by atoms with E-state index in [1.807, 2.05) is 24.5 Å². The molecule has 0 radical (unpaired) electrons. The first-order chi connectivity index (χ1) is 12.0. The monoisotopic (exact) mass is 482 g/mol. The third-order valence-electron chi connectivity index (χ3n) is 4.09. The summed E-state index contributed by atoms with van der Waals surface area (Å²) in [6, 6.07) is 5.86. The van der Waals surface area contributed by atoms with Crippen LogP contribution in [0.5, 0.6) is 0 Å². The summed E-state index contributed by atoms with van der Waals surface area (Å²) in [4.78, 5) is 21.3. The molecule has 1 aromatic carbocycles. The van der Waals surface area contributed by atoms with Gasteiger partial charge in [0.05, 0.1) is 17.2 Å². The van der Waals surface area contributed by atoms with E-state index in [-0.39, 0.29) is 18.5 Å². The van der Waals surface area contributed by atoms with Crippen molar-refractivity contribution in [2.24, 2.45) is 0 Å². The van der Waals surface area contributed by atoms with E-state index >= 15 is 0 Å². The molecule has 2 aliphatic rings. The van der Waals surface area contributed by atoms with Gasteiger partial charge in [0.15, 0.2) is 5.16 Å². The van der Waals surface area contributed by atoms with Crippen molar-refractivity contribution in [3.63, 3.8) is 0 Å². The van der Waals surface area contributed by atoms with E-state index in [2.05, 4.69) is 47.1 Å². The SMILES string of the molecule is CSc1nc(N)c2c(n1)NC1=C(C(=O)OC1)C2c1cc(Br)cc(Br)c1. The summed E-state index contributed by atoms with van der Waals surface area (Å²) in [7, 11) is 0. The molecule has 0 aliphatic carbocycles. The molecule has 1 unspecified atom stereocenters. The van der Waals surface area contributed by atoms with Crippen LogP contribution in [0.4, 0.5) is 11.6 Å². The maximum Gasteiger partial charge on any atom is 0.337 e. The number of nitrogens with one attached hydrogen (secondary N) is 1. The molecule has 0 spiro atoms. The van der Waals surface area contributed by atoms with E-state index < -0.39 is 0 Å². The Bertz CT molecular complexity index is 928. The molecule has 2 aromatic rings. The molecular weight excluding hydrogens is 472 g/mol. The molecule has 0 saturated carbocycles. The van der Waals surface area contributed by atoms with Crippen molar-refractivity contribution in [1.29, 1.82) is 0 Å². The minimum atomic E-state index is -0.383. The van der Waals surface area contributed by atoms with Crippen LogP contribution in [0, 0.1) is 0 Å². The van der Waals surface area contributed by atoms with Crippen LogP contribution in [-0.4, -0.2) is 28.8 Å². The molecule has 6 nitrogen and oxygen atoms in total. The largest absolute Gasteiger partial charge is 0.456 e. The highest BCUT2D eigenvalue weighted by Gasteiger charge is 2.40. The van der Waals surface area contributed by atoms with Gasteiger partial charge < -0.3 is 15.8 Å². The number of fused-ring (bicyclic) bond motifs is 1. The summed E-state index contributed by atoms with van der Waals surface area (Å²) in [5, 5.41) is 3.78. The normalized spacial score (nSPS) is 18.5. The highest BCUT2D eigenvalue weighted by atomic mass is 79.9. The van der Waals surface area contributed by atoms with Crippen molar-refractivity contribution >= 4 is 61.2 Å². The summed E-state index contributed by atoms with van der Waals surface area (Å²) in [6.07, 6.45) is 1.89. The van der Waals surface area contributed by atoms with E-state index in [9.17, 15) is 4.79 Å². The number of nitrogens with two attached hydrogens (primary N) is 1. The first-order valence-corrected chi connectivity index (χ1v) is 10.1. The van der Waals surface area contributed by atoms with Crippen molar-refractivity contribution in [3.8, 4) is 0 Å². The smallest absolute Gasteiger partial charge is 0.337 e. The zero-order valence-corrected chi connectivity index (χ0v) is 17.0. The zero-order chi connectivity index (χ0) is 17.7. The van der Waals surface area contributed by atoms with Crippen molar-refractivity contribution in [3.05, 3.63) is 49.5 Å². The Morgan fingerprint density at radius 3 is 2.68 bits per heavy atom. The van der Waals surface area contributed by atoms with Gasteiger partial charge in [-0.25, -0.2) is 14.8 Å². The van der Waals surface area contributed by atoms with Crippen LogP contribution >= 0.6 is 43.6 Å². The van der Waals surface area contributed by atoms with Crippen molar-refractivity contribution in [2.75, 3.05) is 23.9 Å². The maximum absolute atomic E-state index is 12.4. The van der Waals surface area contributed by atoms with E-state index in [1.165, 1.54) is 11.8 Å². The highest BCUT2D eigenvalue weighted by Crippen LogP contribution is 2.46. The molecular formula is C16H12Br2N4O2S. The van der Waals surface area contributed by atoms with Gasteiger partial charge in [-0.15, -0.1) is 0 Å². The molecule has 3 N–H and O–H groups in total. The van der Waals surface area contributed by atoms with Gasteiger partial charge in [-0.2, -0.15) is 0 Å². The second kappa shape index (κ2) is 6.30. The third kappa shape index (κ3) is 2.84. The van der Waals surface area contributed by atoms with Crippen LogP contribution in [0.25, 0.3) is 0 Å². The summed E-state index contributed by atoms with van der Waals surface area (Å²) < 4.78 is 7.03. The lowest BCUT2D eigenvalue weighted by Crippen LogP contribution is -2.23. The molecule has 128 valence electrons. The van der Waals surface area contributed by atoms with Crippen LogP contribution in [0.1, 0.15) is 17.0 Å².